The molecular weight excluding hydrogens is 206 g/mol. The van der Waals surface area contributed by atoms with Gasteiger partial charge in [0.2, 0.25) is 0 Å². The zero-order valence-electron chi connectivity index (χ0n) is 8.84. The minimum Gasteiger partial charge on any atom is -0.508 e. The lowest BCUT2D eigenvalue weighted by molar-refractivity contribution is 0.249. The van der Waals surface area contributed by atoms with E-state index in [9.17, 15) is 4.79 Å². The highest BCUT2D eigenvalue weighted by Gasteiger charge is 1.90. The predicted octanol–water partition coefficient (Wildman–Crippen LogP) is 1.45. The van der Waals surface area contributed by atoms with Crippen LogP contribution < -0.4 is 11.2 Å². The summed E-state index contributed by atoms with van der Waals surface area (Å²) in [6.45, 7) is 1.73. The summed E-state index contributed by atoms with van der Waals surface area (Å²) in [5.74, 6) is 0.220. The molecule has 0 bridgehead atoms. The largest absolute Gasteiger partial charge is 0.508 e. The first-order chi connectivity index (χ1) is 7.58. The molecule has 0 fully saturated rings. The number of carbonyl (C=O) groups is 1. The number of primary amides is 1. The van der Waals surface area contributed by atoms with E-state index in [1.54, 1.807) is 43.3 Å². The first kappa shape index (κ1) is 11.8. The van der Waals surface area contributed by atoms with Crippen LogP contribution in [0.5, 0.6) is 5.75 Å². The van der Waals surface area contributed by atoms with Gasteiger partial charge in [-0.05, 0) is 30.7 Å². The second-order valence-electron chi connectivity index (χ2n) is 3.15. The first-order valence-electron chi connectivity index (χ1n) is 4.65. The summed E-state index contributed by atoms with van der Waals surface area (Å²) in [6, 6.07) is 6.01. The van der Waals surface area contributed by atoms with Gasteiger partial charge in [0.1, 0.15) is 5.75 Å². The molecule has 4 N–H and O–H groups in total. The highest BCUT2D eigenvalue weighted by molar-refractivity contribution is 5.96. The van der Waals surface area contributed by atoms with Crippen molar-refractivity contribution < 1.29 is 9.90 Å². The summed E-state index contributed by atoms with van der Waals surface area (Å²) >= 11 is 0. The molecular formula is C11H13N3O2. The molecule has 0 saturated carbocycles. The number of phenols is 1. The molecule has 0 radical (unpaired) electrons. The topological polar surface area (TPSA) is 87.7 Å². The molecule has 5 heteroatoms. The normalized spacial score (nSPS) is 11.7. The number of aromatic hydroxyl groups is 1. The number of nitrogens with two attached hydrogens (primary N) is 1. The Hall–Kier alpha value is -2.30. The zero-order chi connectivity index (χ0) is 12.0. The number of nitrogens with zero attached hydrogens (tertiary/aromatic N) is 1. The van der Waals surface area contributed by atoms with E-state index >= 15 is 0 Å². The molecule has 0 spiro atoms. The van der Waals surface area contributed by atoms with E-state index in [0.29, 0.717) is 5.71 Å². The molecule has 16 heavy (non-hydrogen) atoms. The smallest absolute Gasteiger partial charge is 0.332 e. The van der Waals surface area contributed by atoms with E-state index in [4.69, 9.17) is 10.8 Å². The summed E-state index contributed by atoms with van der Waals surface area (Å²) in [7, 11) is 0. The maximum Gasteiger partial charge on any atom is 0.332 e. The average molecular weight is 219 g/mol. The Kier molecular flexibility index (Phi) is 4.08. The summed E-state index contributed by atoms with van der Waals surface area (Å²) in [4.78, 5) is 10.4. The molecule has 5 nitrogen and oxygen atoms in total. The second kappa shape index (κ2) is 5.55. The van der Waals surface area contributed by atoms with E-state index < -0.39 is 6.03 Å². The minimum absolute atomic E-state index is 0.220. The third-order valence-electron chi connectivity index (χ3n) is 1.75. The van der Waals surface area contributed by atoms with Crippen LogP contribution in [0.25, 0.3) is 6.08 Å². The quantitative estimate of drug-likeness (QED) is 0.530. The summed E-state index contributed by atoms with van der Waals surface area (Å²) in [5, 5.41) is 12.8. The van der Waals surface area contributed by atoms with E-state index in [-0.39, 0.29) is 5.75 Å². The van der Waals surface area contributed by atoms with Gasteiger partial charge in [-0.15, -0.1) is 0 Å². The molecule has 1 rings (SSSR count). The van der Waals surface area contributed by atoms with Crippen LogP contribution in [0.4, 0.5) is 4.79 Å². The average Bonchev–Trinajstić information content (AvgIpc) is 2.25. The van der Waals surface area contributed by atoms with Crippen LogP contribution in [-0.4, -0.2) is 16.8 Å². The molecule has 0 aromatic heterocycles. The van der Waals surface area contributed by atoms with Crippen LogP contribution >= 0.6 is 0 Å². The highest BCUT2D eigenvalue weighted by Crippen LogP contribution is 2.10. The molecule has 0 atom stereocenters. The van der Waals surface area contributed by atoms with Crippen molar-refractivity contribution in [1.82, 2.24) is 5.43 Å². The third kappa shape index (κ3) is 4.28. The van der Waals surface area contributed by atoms with Crippen molar-refractivity contribution in [2.75, 3.05) is 0 Å². The van der Waals surface area contributed by atoms with E-state index in [0.717, 1.165) is 5.56 Å². The standard InChI is InChI=1S/C11H13N3O2/c1-8(13-14-11(12)16)2-3-9-4-6-10(15)7-5-9/h2-7,15H,1H3,(H3,12,14,16)/b3-2?,13-8+. The minimum atomic E-state index is -0.697. The van der Waals surface area contributed by atoms with Crippen molar-refractivity contribution in [2.24, 2.45) is 10.8 Å². The van der Waals surface area contributed by atoms with Gasteiger partial charge in [-0.3, -0.25) is 0 Å². The van der Waals surface area contributed by atoms with Crippen molar-refractivity contribution in [3.8, 4) is 5.75 Å². The monoisotopic (exact) mass is 219 g/mol. The molecule has 0 unspecified atom stereocenters. The first-order valence-corrected chi connectivity index (χ1v) is 4.65. The summed E-state index contributed by atoms with van der Waals surface area (Å²) < 4.78 is 0. The lowest BCUT2D eigenvalue weighted by Gasteiger charge is -1.95. The van der Waals surface area contributed by atoms with Gasteiger partial charge in [-0.1, -0.05) is 18.2 Å². The Bertz CT molecular complexity index is 421. The molecule has 0 aliphatic heterocycles. The Morgan fingerprint density at radius 1 is 1.44 bits per heavy atom. The second-order valence-corrected chi connectivity index (χ2v) is 3.15. The van der Waals surface area contributed by atoms with Crippen molar-refractivity contribution >= 4 is 17.8 Å². The lowest BCUT2D eigenvalue weighted by Crippen LogP contribution is -2.25. The molecule has 1 aromatic rings. The van der Waals surface area contributed by atoms with Crippen molar-refractivity contribution in [1.29, 1.82) is 0 Å². The molecule has 0 aliphatic carbocycles. The van der Waals surface area contributed by atoms with Gasteiger partial charge in [0, 0.05) is 0 Å². The summed E-state index contributed by atoms with van der Waals surface area (Å²) in [5.41, 5.74) is 8.52. The van der Waals surface area contributed by atoms with Gasteiger partial charge in [0.15, 0.2) is 0 Å². The van der Waals surface area contributed by atoms with Crippen LogP contribution in [0, 0.1) is 0 Å². The van der Waals surface area contributed by atoms with Gasteiger partial charge in [0.25, 0.3) is 0 Å². The Morgan fingerprint density at radius 3 is 2.62 bits per heavy atom. The molecule has 1 aromatic carbocycles. The fraction of sp³-hybridized carbons (Fsp3) is 0.0909. The number of allylic oxidation sites excluding steroid dienone is 1. The van der Waals surface area contributed by atoms with Crippen LogP contribution in [0.3, 0.4) is 0 Å². The number of amides is 2. The number of hydrazone groups is 1. The van der Waals surface area contributed by atoms with Gasteiger partial charge < -0.3 is 10.8 Å². The van der Waals surface area contributed by atoms with E-state index in [1.807, 2.05) is 0 Å². The maximum atomic E-state index is 10.4. The van der Waals surface area contributed by atoms with E-state index in [2.05, 4.69) is 10.5 Å². The molecule has 0 saturated heterocycles. The van der Waals surface area contributed by atoms with Gasteiger partial charge in [0.05, 0.1) is 5.71 Å². The van der Waals surface area contributed by atoms with Crippen LogP contribution in [-0.2, 0) is 0 Å². The maximum absolute atomic E-state index is 10.4. The molecule has 0 aliphatic rings. The molecule has 0 heterocycles. The molecule has 2 amide bonds. The number of rotatable bonds is 3. The van der Waals surface area contributed by atoms with Crippen molar-refractivity contribution in [3.05, 3.63) is 35.9 Å². The zero-order valence-corrected chi connectivity index (χ0v) is 8.84. The van der Waals surface area contributed by atoms with Crippen molar-refractivity contribution in [2.45, 2.75) is 6.92 Å². The molecule has 84 valence electrons. The fourth-order valence-corrected chi connectivity index (χ4v) is 0.983. The Balaban J connectivity index is 2.62. The van der Waals surface area contributed by atoms with Crippen LogP contribution in [0.15, 0.2) is 35.4 Å². The number of hydrogen-bond acceptors (Lipinski definition) is 3. The third-order valence-corrected chi connectivity index (χ3v) is 1.75. The van der Waals surface area contributed by atoms with Gasteiger partial charge in [-0.2, -0.15) is 5.10 Å². The van der Waals surface area contributed by atoms with Gasteiger partial charge >= 0.3 is 6.03 Å². The number of nitrogens with one attached hydrogen (secondary N) is 1. The van der Waals surface area contributed by atoms with Gasteiger partial charge in [-0.25, -0.2) is 10.2 Å². The van der Waals surface area contributed by atoms with Crippen molar-refractivity contribution in [3.63, 3.8) is 0 Å². The fourth-order valence-electron chi connectivity index (χ4n) is 0.983. The number of phenolic OH excluding ortho intramolecular Hbond substituents is 1. The predicted molar refractivity (Wildman–Crippen MR) is 63.0 cm³/mol. The number of carbonyl (C=O) groups excluding carboxylic acids is 1. The number of urea groups is 1. The highest BCUT2D eigenvalue weighted by atomic mass is 16.3. The van der Waals surface area contributed by atoms with Crippen LogP contribution in [0.1, 0.15) is 12.5 Å². The van der Waals surface area contributed by atoms with Crippen LogP contribution in [0.2, 0.25) is 0 Å². The Morgan fingerprint density at radius 2 is 2.06 bits per heavy atom. The lowest BCUT2D eigenvalue weighted by atomic mass is 10.2. The number of hydrogen-bond donors (Lipinski definition) is 3. The SMILES string of the molecule is C/C(C=Cc1ccc(O)cc1)=N\NC(N)=O. The number of benzene rings is 1. The summed E-state index contributed by atoms with van der Waals surface area (Å²) in [6.07, 6.45) is 3.53. The van der Waals surface area contributed by atoms with E-state index in [1.165, 1.54) is 0 Å². The Labute approximate surface area is 93.3 Å².